The molecule has 0 aliphatic carbocycles. The lowest BCUT2D eigenvalue weighted by molar-refractivity contribution is 0.0986. The van der Waals surface area contributed by atoms with Gasteiger partial charge in [0.15, 0.2) is 11.5 Å². The molecule has 6 rings (SSSR count). The molecule has 1 N–H and O–H groups in total. The highest BCUT2D eigenvalue weighted by Gasteiger charge is 2.23. The molecule has 5 aromatic rings. The molecule has 5 heterocycles. The van der Waals surface area contributed by atoms with E-state index in [1.807, 2.05) is 49.6 Å². The lowest BCUT2D eigenvalue weighted by atomic mass is 10.0. The minimum atomic E-state index is -0.0459. The summed E-state index contributed by atoms with van der Waals surface area (Å²) in [6, 6.07) is 12.2. The van der Waals surface area contributed by atoms with Crippen molar-refractivity contribution in [3.8, 4) is 22.6 Å². The number of aromatic amines is 1. The number of pyridine rings is 1. The molecule has 0 radical (unpaired) electrons. The second-order valence-electron chi connectivity index (χ2n) is 8.66. The second kappa shape index (κ2) is 8.55. The molecule has 10 heteroatoms. The van der Waals surface area contributed by atoms with Gasteiger partial charge in [0, 0.05) is 43.1 Å². The first kappa shape index (κ1) is 21.4. The number of hydrogen-bond donors (Lipinski definition) is 1. The number of H-pyrrole nitrogens is 1. The molecular weight excluding hydrogens is 444 g/mol. The molecule has 1 saturated heterocycles. The molecule has 0 saturated carbocycles. The Labute approximate surface area is 201 Å². The van der Waals surface area contributed by atoms with E-state index in [1.54, 1.807) is 26.2 Å². The first-order chi connectivity index (χ1) is 17.1. The summed E-state index contributed by atoms with van der Waals surface area (Å²) in [4.78, 5) is 19.9. The third kappa shape index (κ3) is 3.62. The number of hydrogen-bond acceptors (Lipinski definition) is 6. The number of fused-ring (bicyclic) bond motifs is 1. The Morgan fingerprint density at radius 1 is 1.14 bits per heavy atom. The Morgan fingerprint density at radius 3 is 2.71 bits per heavy atom. The zero-order chi connectivity index (χ0) is 23.9. The normalized spacial score (nSPS) is 16.3. The van der Waals surface area contributed by atoms with E-state index >= 15 is 0 Å². The molecule has 1 aliphatic rings. The third-order valence-electron chi connectivity index (χ3n) is 6.54. The van der Waals surface area contributed by atoms with E-state index in [4.69, 9.17) is 9.72 Å². The van der Waals surface area contributed by atoms with Gasteiger partial charge in [-0.2, -0.15) is 14.9 Å². The molecule has 1 aromatic carbocycles. The van der Waals surface area contributed by atoms with E-state index < -0.39 is 0 Å². The van der Waals surface area contributed by atoms with Gasteiger partial charge in [0.05, 0.1) is 31.1 Å². The molecule has 0 spiro atoms. The van der Waals surface area contributed by atoms with Crippen LogP contribution in [0.4, 0.5) is 5.82 Å². The predicted octanol–water partition coefficient (Wildman–Crippen LogP) is 3.01. The standard InChI is InChI=1S/C25H26N8O2/c1-3-30-10-11-32(25(30)34)19-6-4-18(5-7-19)20-14-23(31-12-13-35-16-17(31)2)28-24-21(20)15-27-33(24)22-8-9-26-29-22/h4-11,14-15,17H,3,12-13,16H2,1-2H3,(H,26,29)/t17-/m1/s1. The van der Waals surface area contributed by atoms with Crippen molar-refractivity contribution in [3.05, 3.63) is 71.7 Å². The van der Waals surface area contributed by atoms with Gasteiger partial charge in [-0.3, -0.25) is 14.2 Å². The fourth-order valence-corrected chi connectivity index (χ4v) is 4.63. The summed E-state index contributed by atoms with van der Waals surface area (Å²) in [5, 5.41) is 12.7. The van der Waals surface area contributed by atoms with Gasteiger partial charge >= 0.3 is 5.69 Å². The number of morpholine rings is 1. The second-order valence-corrected chi connectivity index (χ2v) is 8.66. The maximum Gasteiger partial charge on any atom is 0.332 e. The number of nitrogens with one attached hydrogen (secondary N) is 1. The molecular formula is C25H26N8O2. The smallest absolute Gasteiger partial charge is 0.332 e. The van der Waals surface area contributed by atoms with E-state index in [2.05, 4.69) is 33.2 Å². The molecule has 0 bridgehead atoms. The van der Waals surface area contributed by atoms with Crippen LogP contribution in [0.25, 0.3) is 33.7 Å². The Balaban J connectivity index is 1.48. The zero-order valence-corrected chi connectivity index (χ0v) is 19.6. The van der Waals surface area contributed by atoms with Gasteiger partial charge in [0.25, 0.3) is 0 Å². The number of ether oxygens (including phenoxy) is 1. The van der Waals surface area contributed by atoms with E-state index in [9.17, 15) is 4.79 Å². The van der Waals surface area contributed by atoms with Crippen molar-refractivity contribution in [2.24, 2.45) is 0 Å². The summed E-state index contributed by atoms with van der Waals surface area (Å²) < 4.78 is 10.7. The van der Waals surface area contributed by atoms with Crippen molar-refractivity contribution < 1.29 is 4.74 Å². The first-order valence-corrected chi connectivity index (χ1v) is 11.8. The largest absolute Gasteiger partial charge is 0.377 e. The Bertz CT molecular complexity index is 1530. The lowest BCUT2D eigenvalue weighted by Crippen LogP contribution is -2.44. The number of anilines is 1. The molecule has 178 valence electrons. The number of imidazole rings is 1. The van der Waals surface area contributed by atoms with E-state index in [1.165, 1.54) is 0 Å². The lowest BCUT2D eigenvalue weighted by Gasteiger charge is -2.34. The van der Waals surface area contributed by atoms with Crippen LogP contribution in [0.3, 0.4) is 0 Å². The SMILES string of the molecule is CCn1ccn(-c2ccc(-c3cc(N4CCOC[C@H]4C)nc4c3cnn4-c3cc[nH]n3)cc2)c1=O. The Kier molecular flexibility index (Phi) is 5.22. The minimum absolute atomic E-state index is 0.0459. The van der Waals surface area contributed by atoms with Gasteiger partial charge in [-0.1, -0.05) is 12.1 Å². The number of nitrogens with zero attached hydrogens (tertiary/aromatic N) is 7. The van der Waals surface area contributed by atoms with Crippen molar-refractivity contribution in [1.82, 2.24) is 34.1 Å². The van der Waals surface area contributed by atoms with Gasteiger partial charge in [0.1, 0.15) is 5.82 Å². The fourth-order valence-electron chi connectivity index (χ4n) is 4.63. The fraction of sp³-hybridized carbons (Fsp3) is 0.280. The van der Waals surface area contributed by atoms with Crippen LogP contribution in [0.15, 0.2) is 66.0 Å². The summed E-state index contributed by atoms with van der Waals surface area (Å²) >= 11 is 0. The topological polar surface area (TPSA) is 98.8 Å². The average molecular weight is 471 g/mol. The van der Waals surface area contributed by atoms with Gasteiger partial charge in [-0.15, -0.1) is 0 Å². The highest BCUT2D eigenvalue weighted by atomic mass is 16.5. The quantitative estimate of drug-likeness (QED) is 0.424. The maximum atomic E-state index is 12.6. The van der Waals surface area contributed by atoms with E-state index in [0.29, 0.717) is 25.6 Å². The van der Waals surface area contributed by atoms with Crippen molar-refractivity contribution in [2.45, 2.75) is 26.4 Å². The molecule has 4 aromatic heterocycles. The van der Waals surface area contributed by atoms with Crippen molar-refractivity contribution in [3.63, 3.8) is 0 Å². The summed E-state index contributed by atoms with van der Waals surface area (Å²) in [5.41, 5.74) is 3.56. The van der Waals surface area contributed by atoms with Crippen LogP contribution >= 0.6 is 0 Å². The van der Waals surface area contributed by atoms with Gasteiger partial charge < -0.3 is 9.64 Å². The molecule has 1 fully saturated rings. The van der Waals surface area contributed by atoms with E-state index in [-0.39, 0.29) is 11.7 Å². The van der Waals surface area contributed by atoms with Crippen molar-refractivity contribution in [1.29, 1.82) is 0 Å². The van der Waals surface area contributed by atoms with Gasteiger partial charge in [-0.05, 0) is 43.2 Å². The van der Waals surface area contributed by atoms with Crippen LogP contribution in [0.2, 0.25) is 0 Å². The van der Waals surface area contributed by atoms with Gasteiger partial charge in [-0.25, -0.2) is 9.78 Å². The number of aryl methyl sites for hydroxylation is 1. The summed E-state index contributed by atoms with van der Waals surface area (Å²) in [7, 11) is 0. The molecule has 10 nitrogen and oxygen atoms in total. The highest BCUT2D eigenvalue weighted by Crippen LogP contribution is 2.33. The van der Waals surface area contributed by atoms with Crippen LogP contribution in [0.1, 0.15) is 13.8 Å². The van der Waals surface area contributed by atoms with Crippen LogP contribution < -0.4 is 10.6 Å². The monoisotopic (exact) mass is 470 g/mol. The number of benzene rings is 1. The highest BCUT2D eigenvalue weighted by molar-refractivity contribution is 5.95. The number of rotatable bonds is 5. The van der Waals surface area contributed by atoms with E-state index in [0.717, 1.165) is 40.2 Å². The molecule has 0 amide bonds. The van der Waals surface area contributed by atoms with Crippen LogP contribution in [-0.4, -0.2) is 59.9 Å². The predicted molar refractivity (Wildman–Crippen MR) is 133 cm³/mol. The van der Waals surface area contributed by atoms with Crippen molar-refractivity contribution >= 4 is 16.9 Å². The Hall–Kier alpha value is -4.18. The third-order valence-corrected chi connectivity index (χ3v) is 6.54. The minimum Gasteiger partial charge on any atom is -0.377 e. The first-order valence-electron chi connectivity index (χ1n) is 11.8. The average Bonchev–Trinajstić information content (AvgIpc) is 3.63. The summed E-state index contributed by atoms with van der Waals surface area (Å²) in [6.45, 7) is 6.84. The van der Waals surface area contributed by atoms with Crippen LogP contribution in [-0.2, 0) is 11.3 Å². The van der Waals surface area contributed by atoms with Crippen molar-refractivity contribution in [2.75, 3.05) is 24.7 Å². The molecule has 1 aliphatic heterocycles. The molecule has 1 atom stereocenters. The Morgan fingerprint density at radius 2 is 2.00 bits per heavy atom. The van der Waals surface area contributed by atoms with Crippen LogP contribution in [0, 0.1) is 0 Å². The zero-order valence-electron chi connectivity index (χ0n) is 19.6. The van der Waals surface area contributed by atoms with Gasteiger partial charge in [0.2, 0.25) is 0 Å². The number of aromatic nitrogens is 7. The summed E-state index contributed by atoms with van der Waals surface area (Å²) in [5.74, 6) is 1.56. The summed E-state index contributed by atoms with van der Waals surface area (Å²) in [6.07, 6.45) is 7.21. The molecule has 0 unspecified atom stereocenters. The maximum absolute atomic E-state index is 12.6. The van der Waals surface area contributed by atoms with Crippen LogP contribution in [0.5, 0.6) is 0 Å². The molecule has 35 heavy (non-hydrogen) atoms.